The summed E-state index contributed by atoms with van der Waals surface area (Å²) < 4.78 is 41.1. The molecule has 0 aliphatic heterocycles. The van der Waals surface area contributed by atoms with Crippen LogP contribution in [0.2, 0.25) is 0 Å². The van der Waals surface area contributed by atoms with Gasteiger partial charge in [0, 0.05) is 18.2 Å². The van der Waals surface area contributed by atoms with Crippen LogP contribution in [0.3, 0.4) is 0 Å². The van der Waals surface area contributed by atoms with E-state index in [0.29, 0.717) is 6.61 Å². The number of ether oxygens (including phenoxy) is 3. The first-order valence-electron chi connectivity index (χ1n) is 9.00. The summed E-state index contributed by atoms with van der Waals surface area (Å²) in [5.41, 5.74) is -0.140. The van der Waals surface area contributed by atoms with Crippen molar-refractivity contribution in [3.8, 4) is 5.75 Å². The Morgan fingerprint density at radius 1 is 1.19 bits per heavy atom. The summed E-state index contributed by atoms with van der Waals surface area (Å²) >= 11 is 0. The molecule has 1 aromatic carbocycles. The highest BCUT2D eigenvalue weighted by molar-refractivity contribution is 5.74. The minimum absolute atomic E-state index is 0.127. The van der Waals surface area contributed by atoms with E-state index in [1.807, 2.05) is 34.6 Å². The molecular weight excluding hydrogens is 346 g/mol. The van der Waals surface area contributed by atoms with Crippen LogP contribution in [-0.4, -0.2) is 37.8 Å². The molecule has 0 spiro atoms. The largest absolute Gasteiger partial charge is 0.491 e. The lowest BCUT2D eigenvalue weighted by Gasteiger charge is -2.15. The second-order valence-electron chi connectivity index (χ2n) is 4.49. The molecule has 0 aromatic heterocycles. The van der Waals surface area contributed by atoms with E-state index in [9.17, 15) is 13.6 Å². The SMILES string of the molecule is CC.CC.CCCCOCOC(C(=O)O)c1ccc(OCCF)cc1F. The first-order valence-corrected chi connectivity index (χ1v) is 9.00. The van der Waals surface area contributed by atoms with E-state index in [2.05, 4.69) is 0 Å². The van der Waals surface area contributed by atoms with Crippen molar-refractivity contribution in [2.24, 2.45) is 0 Å². The molecule has 0 radical (unpaired) electrons. The standard InChI is InChI=1S/C15H20F2O5.2C2H6/c1-2-3-7-20-10-22-14(15(18)19)12-5-4-11(9-13(12)17)21-8-6-16;2*1-2/h4-5,9,14H,2-3,6-8,10H2,1H3,(H,18,19);2*1-2H3. The Labute approximate surface area is 155 Å². The zero-order valence-corrected chi connectivity index (χ0v) is 16.4. The van der Waals surface area contributed by atoms with Crippen molar-refractivity contribution in [3.05, 3.63) is 29.6 Å². The number of aliphatic carboxylic acids is 1. The maximum atomic E-state index is 14.0. The number of hydrogen-bond acceptors (Lipinski definition) is 4. The molecule has 1 aromatic rings. The van der Waals surface area contributed by atoms with Gasteiger partial charge in [-0.05, 0) is 18.6 Å². The van der Waals surface area contributed by atoms with Gasteiger partial charge < -0.3 is 19.3 Å². The molecule has 1 rings (SSSR count). The van der Waals surface area contributed by atoms with Gasteiger partial charge >= 0.3 is 5.97 Å². The number of alkyl halides is 1. The Balaban J connectivity index is 0. The van der Waals surface area contributed by atoms with E-state index in [4.69, 9.17) is 19.3 Å². The third-order valence-electron chi connectivity index (χ3n) is 2.78. The molecular formula is C19H32F2O5. The van der Waals surface area contributed by atoms with Crippen molar-refractivity contribution in [2.45, 2.75) is 53.6 Å². The van der Waals surface area contributed by atoms with E-state index in [1.165, 1.54) is 12.1 Å². The Hall–Kier alpha value is -1.73. The van der Waals surface area contributed by atoms with Gasteiger partial charge in [0.2, 0.25) is 0 Å². The van der Waals surface area contributed by atoms with Gasteiger partial charge in [-0.15, -0.1) is 0 Å². The van der Waals surface area contributed by atoms with Gasteiger partial charge in [0.15, 0.2) is 6.10 Å². The number of benzene rings is 1. The van der Waals surface area contributed by atoms with Crippen LogP contribution in [0.15, 0.2) is 18.2 Å². The number of carbonyl (C=O) groups is 1. The molecule has 1 N–H and O–H groups in total. The maximum Gasteiger partial charge on any atom is 0.337 e. The number of hydrogen-bond donors (Lipinski definition) is 1. The fourth-order valence-corrected chi connectivity index (χ4v) is 1.68. The number of rotatable bonds is 11. The summed E-state index contributed by atoms with van der Waals surface area (Å²) in [6.07, 6.45) is 0.296. The number of carboxylic acid groups (broad SMARTS) is 1. The zero-order valence-electron chi connectivity index (χ0n) is 16.4. The van der Waals surface area contributed by atoms with Crippen LogP contribution in [0.1, 0.15) is 59.1 Å². The second kappa shape index (κ2) is 18.1. The molecule has 7 heteroatoms. The zero-order chi connectivity index (χ0) is 20.4. The molecule has 0 amide bonds. The van der Waals surface area contributed by atoms with Crippen LogP contribution >= 0.6 is 0 Å². The molecule has 26 heavy (non-hydrogen) atoms. The fraction of sp³-hybridized carbons (Fsp3) is 0.632. The summed E-state index contributed by atoms with van der Waals surface area (Å²) in [5.74, 6) is -1.99. The van der Waals surface area contributed by atoms with Crippen molar-refractivity contribution < 1.29 is 32.9 Å². The topological polar surface area (TPSA) is 65.0 Å². The molecule has 152 valence electrons. The Bertz CT molecular complexity index is 469. The van der Waals surface area contributed by atoms with Crippen LogP contribution in [-0.2, 0) is 14.3 Å². The molecule has 0 aliphatic carbocycles. The third-order valence-corrected chi connectivity index (χ3v) is 2.78. The Kier molecular flexibility index (Phi) is 18.4. The Morgan fingerprint density at radius 2 is 1.85 bits per heavy atom. The first kappa shape index (κ1) is 26.5. The summed E-state index contributed by atoms with van der Waals surface area (Å²) in [6, 6.07) is 3.61. The smallest absolute Gasteiger partial charge is 0.337 e. The van der Waals surface area contributed by atoms with Crippen LogP contribution in [0.5, 0.6) is 5.75 Å². The third kappa shape index (κ3) is 11.0. The van der Waals surface area contributed by atoms with E-state index in [1.54, 1.807) is 0 Å². The predicted molar refractivity (Wildman–Crippen MR) is 97.8 cm³/mol. The van der Waals surface area contributed by atoms with Gasteiger partial charge in [-0.25, -0.2) is 13.6 Å². The molecule has 0 saturated carbocycles. The van der Waals surface area contributed by atoms with E-state index < -0.39 is 24.6 Å². The summed E-state index contributed by atoms with van der Waals surface area (Å²) in [7, 11) is 0. The number of carboxylic acids is 1. The quantitative estimate of drug-likeness (QED) is 0.426. The first-order chi connectivity index (χ1) is 12.6. The average Bonchev–Trinajstić information content (AvgIpc) is 2.67. The van der Waals surface area contributed by atoms with E-state index in [-0.39, 0.29) is 24.7 Å². The van der Waals surface area contributed by atoms with Crippen LogP contribution < -0.4 is 4.74 Å². The monoisotopic (exact) mass is 378 g/mol. The highest BCUT2D eigenvalue weighted by Gasteiger charge is 2.24. The normalized spacial score (nSPS) is 10.7. The highest BCUT2D eigenvalue weighted by atomic mass is 19.1. The number of halogens is 2. The van der Waals surface area contributed by atoms with Gasteiger partial charge in [-0.1, -0.05) is 41.0 Å². The van der Waals surface area contributed by atoms with E-state index in [0.717, 1.165) is 18.9 Å². The van der Waals surface area contributed by atoms with Crippen LogP contribution in [0.4, 0.5) is 8.78 Å². The van der Waals surface area contributed by atoms with Gasteiger partial charge in [0.05, 0.1) is 0 Å². The molecule has 1 unspecified atom stereocenters. The minimum atomic E-state index is -1.48. The molecule has 0 bridgehead atoms. The van der Waals surface area contributed by atoms with Crippen LogP contribution in [0, 0.1) is 5.82 Å². The molecule has 0 heterocycles. The molecule has 1 atom stereocenters. The minimum Gasteiger partial charge on any atom is -0.491 e. The molecule has 0 fully saturated rings. The van der Waals surface area contributed by atoms with Crippen LogP contribution in [0.25, 0.3) is 0 Å². The van der Waals surface area contributed by atoms with E-state index >= 15 is 0 Å². The molecule has 5 nitrogen and oxygen atoms in total. The molecule has 0 aliphatic rings. The maximum absolute atomic E-state index is 14.0. The highest BCUT2D eigenvalue weighted by Crippen LogP contribution is 2.25. The van der Waals surface area contributed by atoms with Crippen molar-refractivity contribution in [1.82, 2.24) is 0 Å². The fourth-order valence-electron chi connectivity index (χ4n) is 1.68. The predicted octanol–water partition coefficient (Wildman–Crippen LogP) is 5.14. The summed E-state index contributed by atoms with van der Waals surface area (Å²) in [4.78, 5) is 11.2. The van der Waals surface area contributed by atoms with Gasteiger partial charge in [-0.2, -0.15) is 0 Å². The van der Waals surface area contributed by atoms with Crippen molar-refractivity contribution >= 4 is 5.97 Å². The average molecular weight is 378 g/mol. The lowest BCUT2D eigenvalue weighted by atomic mass is 10.1. The Morgan fingerprint density at radius 3 is 2.35 bits per heavy atom. The lowest BCUT2D eigenvalue weighted by Crippen LogP contribution is -2.18. The number of unbranched alkanes of at least 4 members (excludes halogenated alkanes) is 1. The van der Waals surface area contributed by atoms with Gasteiger partial charge in [0.1, 0.15) is 31.6 Å². The van der Waals surface area contributed by atoms with Crippen molar-refractivity contribution in [1.29, 1.82) is 0 Å². The van der Waals surface area contributed by atoms with Gasteiger partial charge in [0.25, 0.3) is 0 Å². The summed E-state index contributed by atoms with van der Waals surface area (Å²) in [5, 5.41) is 9.14. The van der Waals surface area contributed by atoms with Crippen molar-refractivity contribution in [2.75, 3.05) is 26.7 Å². The van der Waals surface area contributed by atoms with Gasteiger partial charge in [-0.3, -0.25) is 0 Å². The van der Waals surface area contributed by atoms with Crippen molar-refractivity contribution in [3.63, 3.8) is 0 Å². The summed E-state index contributed by atoms with van der Waals surface area (Å²) in [6.45, 7) is 9.31. The molecule has 0 saturated heterocycles. The second-order valence-corrected chi connectivity index (χ2v) is 4.49. The lowest BCUT2D eigenvalue weighted by molar-refractivity contribution is -0.162.